The van der Waals surface area contributed by atoms with Crippen LogP contribution in [0, 0.1) is 71.3 Å². The van der Waals surface area contributed by atoms with Crippen molar-refractivity contribution >= 4 is 0 Å². The fraction of sp³-hybridized carbons (Fsp3) is 0.741. The van der Waals surface area contributed by atoms with E-state index in [9.17, 15) is 0 Å². The van der Waals surface area contributed by atoms with Crippen molar-refractivity contribution in [2.24, 2.45) is 58.2 Å². The quantitative estimate of drug-likeness (QED) is 0.181. The van der Waals surface area contributed by atoms with Gasteiger partial charge in [0.2, 0.25) is 0 Å². The smallest absolute Gasteiger partial charge is 0.154 e. The highest BCUT2D eigenvalue weighted by Crippen LogP contribution is 2.60. The molecule has 10 aliphatic rings. The molecule has 0 spiro atoms. The summed E-state index contributed by atoms with van der Waals surface area (Å²) in [5.41, 5.74) is 5.50. The van der Waals surface area contributed by atoms with Gasteiger partial charge in [0.15, 0.2) is 6.20 Å². The molecule has 2 saturated carbocycles. The van der Waals surface area contributed by atoms with Gasteiger partial charge in [-0.2, -0.15) is 0 Å². The van der Waals surface area contributed by atoms with Crippen molar-refractivity contribution in [3.8, 4) is 0 Å². The maximum Gasteiger partial charge on any atom is 0.154 e. The zero-order valence-electron chi connectivity index (χ0n) is 39.9. The summed E-state index contributed by atoms with van der Waals surface area (Å²) in [5, 5.41) is 0. The molecule has 4 fully saturated rings. The molecule has 6 nitrogen and oxygen atoms in total. The van der Waals surface area contributed by atoms with Crippen LogP contribution in [0.5, 0.6) is 0 Å². The average molecular weight is 827 g/mol. The van der Waals surface area contributed by atoms with Crippen molar-refractivity contribution in [1.29, 1.82) is 0 Å². The van der Waals surface area contributed by atoms with E-state index in [1.807, 2.05) is 12.2 Å². The van der Waals surface area contributed by atoms with Gasteiger partial charge in [-0.05, 0) is 168 Å². The highest BCUT2D eigenvalue weighted by Gasteiger charge is 2.52. The van der Waals surface area contributed by atoms with E-state index < -0.39 is 0 Å². The van der Waals surface area contributed by atoms with Crippen molar-refractivity contribution < 1.29 is 18.9 Å². The van der Waals surface area contributed by atoms with Crippen LogP contribution in [-0.4, -0.2) is 47.3 Å². The average Bonchev–Trinajstić information content (AvgIpc) is 4.06. The lowest BCUT2D eigenvalue weighted by atomic mass is 9.49. The molecule has 2 aliphatic heterocycles. The van der Waals surface area contributed by atoms with Crippen LogP contribution in [0.25, 0.3) is 9.69 Å². The Morgan fingerprint density at radius 1 is 0.700 bits per heavy atom. The van der Waals surface area contributed by atoms with Crippen LogP contribution in [0.15, 0.2) is 71.3 Å². The molecule has 6 heteroatoms. The molecule has 4 bridgehead atoms. The normalized spacial score (nSPS) is 29.7. The zero-order valence-corrected chi connectivity index (χ0v) is 39.9. The number of fused-ring (bicyclic) bond motifs is 2. The Balaban J connectivity index is 0.000000198. The van der Waals surface area contributed by atoms with Gasteiger partial charge in [0.25, 0.3) is 0 Å². The summed E-state index contributed by atoms with van der Waals surface area (Å²) in [4.78, 5) is 6.48. The first-order valence-corrected chi connectivity index (χ1v) is 23.7. The molecule has 8 aliphatic carbocycles. The molecule has 0 aromatic heterocycles. The van der Waals surface area contributed by atoms with Crippen LogP contribution < -0.4 is 0 Å². The Morgan fingerprint density at radius 2 is 1.20 bits per heavy atom. The number of methoxy groups -OCH3 is 2. The monoisotopic (exact) mass is 827 g/mol. The number of nitrogens with zero attached hydrogens (tertiary/aromatic N) is 2. The lowest BCUT2D eigenvalue weighted by Crippen LogP contribution is -2.48. The summed E-state index contributed by atoms with van der Waals surface area (Å²) in [5.74, 6) is 7.60. The van der Waals surface area contributed by atoms with Gasteiger partial charge in [-0.3, -0.25) is 0 Å². The molecule has 60 heavy (non-hydrogen) atoms. The summed E-state index contributed by atoms with van der Waals surface area (Å²) in [6.45, 7) is 36.7. The SMILES string of the molecule is C1CCOC1.C1CCOC1.COC1=CC[C@H]2C[C@@H]1C2(C)C.COCC(C)C1CC=C(C)CC1.[C-]#[N+]/C=C/C1=CC[C@H]2C[C@@H]1C2(C)C.[C-]#[N+]/C=C/CC(C)C1CC=C(C)CC1. The summed E-state index contributed by atoms with van der Waals surface area (Å²) in [7, 11) is 3.58. The van der Waals surface area contributed by atoms with Gasteiger partial charge in [0, 0.05) is 46.1 Å². The highest BCUT2D eigenvalue weighted by molar-refractivity contribution is 5.32. The van der Waals surface area contributed by atoms with Crippen LogP contribution in [-0.2, 0) is 18.9 Å². The number of hydrogen-bond acceptors (Lipinski definition) is 4. The lowest BCUT2D eigenvalue weighted by molar-refractivity contribution is -0.0398. The van der Waals surface area contributed by atoms with E-state index in [2.05, 4.69) is 89.4 Å². The Bertz CT molecular complexity index is 1500. The van der Waals surface area contributed by atoms with Crippen LogP contribution in [0.4, 0.5) is 0 Å². The first kappa shape index (κ1) is 51.5. The minimum Gasteiger partial charge on any atom is -0.501 e. The molecular weight excluding hydrogens is 741 g/mol. The molecule has 2 saturated heterocycles. The Kier molecular flexibility index (Phi) is 23.3. The van der Waals surface area contributed by atoms with E-state index >= 15 is 0 Å². The fourth-order valence-corrected chi connectivity index (χ4v) is 10.2. The number of rotatable bonds is 8. The van der Waals surface area contributed by atoms with Gasteiger partial charge in [-0.25, -0.2) is 9.69 Å². The van der Waals surface area contributed by atoms with Crippen molar-refractivity contribution in [1.82, 2.24) is 0 Å². The summed E-state index contributed by atoms with van der Waals surface area (Å²) in [6.07, 6.45) is 35.5. The van der Waals surface area contributed by atoms with E-state index in [1.165, 1.54) is 101 Å². The molecule has 336 valence electrons. The molecule has 0 radical (unpaired) electrons. The van der Waals surface area contributed by atoms with E-state index in [1.54, 1.807) is 37.8 Å². The van der Waals surface area contributed by atoms with Crippen molar-refractivity contribution in [3.63, 3.8) is 0 Å². The van der Waals surface area contributed by atoms with E-state index in [4.69, 9.17) is 32.1 Å². The summed E-state index contributed by atoms with van der Waals surface area (Å²) >= 11 is 0. The van der Waals surface area contributed by atoms with Gasteiger partial charge in [0.1, 0.15) is 6.20 Å². The molecule has 0 aromatic rings. The fourth-order valence-electron chi connectivity index (χ4n) is 10.2. The van der Waals surface area contributed by atoms with E-state index in [0.717, 1.165) is 75.0 Å². The van der Waals surface area contributed by atoms with E-state index in [-0.39, 0.29) is 0 Å². The highest BCUT2D eigenvalue weighted by atomic mass is 16.5. The van der Waals surface area contributed by atoms with Crippen LogP contribution in [0.2, 0.25) is 0 Å². The second-order valence-electron chi connectivity index (χ2n) is 20.0. The summed E-state index contributed by atoms with van der Waals surface area (Å²) in [6, 6.07) is 0. The van der Waals surface area contributed by atoms with Gasteiger partial charge in [0.05, 0.1) is 26.0 Å². The van der Waals surface area contributed by atoms with Crippen LogP contribution in [0.3, 0.4) is 0 Å². The maximum atomic E-state index is 6.71. The van der Waals surface area contributed by atoms with Crippen molar-refractivity contribution in [2.75, 3.05) is 47.3 Å². The predicted molar refractivity (Wildman–Crippen MR) is 252 cm³/mol. The van der Waals surface area contributed by atoms with Gasteiger partial charge in [-0.1, -0.05) is 88.6 Å². The van der Waals surface area contributed by atoms with Crippen molar-refractivity contribution in [2.45, 2.75) is 152 Å². The Morgan fingerprint density at radius 3 is 1.57 bits per heavy atom. The standard InChI is InChI=1S/C13H19N.C12H15N.C11H20O.C10H16O.2C4H8O/c1-11-6-8-13(9-7-11)12(2)5-4-10-14-3;1-12(2)10-5-4-9(6-7-13-3)11(12)8-10;1-9-4-6-11(7-5-9)10(2)8-12-3;1-10(2)7-4-5-9(11-3)8(10)6-7;2*1-2-4-5-3-1/h4,6,10,12-13H,5,7-9H2,1-2H3;4,6-7,10-11H,5,8H2,1-2H3;4,10-11H,5-8H2,1-3H3;5,7-8H,4,6H2,1-3H3;2*1-4H2/b10-4+;7-6+;;;;/t;10-,11-;;7-,8-;;/m.0.0../s1. The van der Waals surface area contributed by atoms with E-state index in [0.29, 0.717) is 22.7 Å². The van der Waals surface area contributed by atoms with Crippen LogP contribution in [0.1, 0.15) is 152 Å². The minimum absolute atomic E-state index is 0.483. The van der Waals surface area contributed by atoms with Crippen LogP contribution >= 0.6 is 0 Å². The third-order valence-electron chi connectivity index (χ3n) is 15.2. The first-order valence-electron chi connectivity index (χ1n) is 23.7. The molecule has 4 unspecified atom stereocenters. The molecule has 2 heterocycles. The molecule has 10 rings (SSSR count). The molecular formula is C54H86N2O4. The predicted octanol–water partition coefficient (Wildman–Crippen LogP) is 14.8. The summed E-state index contributed by atoms with van der Waals surface area (Å²) < 4.78 is 20.4. The lowest BCUT2D eigenvalue weighted by Gasteiger charge is -2.56. The Hall–Kier alpha value is -2.90. The number of hydrogen-bond donors (Lipinski definition) is 0. The second-order valence-corrected chi connectivity index (χ2v) is 20.0. The van der Waals surface area contributed by atoms with Gasteiger partial charge in [-0.15, -0.1) is 0 Å². The molecule has 0 amide bonds. The number of allylic oxidation sites excluding steroid dienone is 10. The second kappa shape index (κ2) is 27.2. The minimum atomic E-state index is 0.483. The third kappa shape index (κ3) is 16.4. The molecule has 0 N–H and O–H groups in total. The molecule has 0 aromatic carbocycles. The first-order chi connectivity index (χ1) is 28.8. The number of ether oxygens (including phenoxy) is 4. The topological polar surface area (TPSA) is 45.6 Å². The maximum absolute atomic E-state index is 6.71. The van der Waals surface area contributed by atoms with Gasteiger partial charge < -0.3 is 18.9 Å². The van der Waals surface area contributed by atoms with Gasteiger partial charge >= 0.3 is 0 Å². The largest absolute Gasteiger partial charge is 0.501 e. The third-order valence-corrected chi connectivity index (χ3v) is 15.2. The van der Waals surface area contributed by atoms with Crippen molar-refractivity contribution in [3.05, 3.63) is 94.2 Å². The Labute approximate surface area is 369 Å². The molecule has 8 atom stereocenters. The zero-order chi connectivity index (χ0) is 44.0.